The maximum atomic E-state index is 12.7. The van der Waals surface area contributed by atoms with Gasteiger partial charge in [0.05, 0.1) is 12.1 Å². The van der Waals surface area contributed by atoms with Crippen molar-refractivity contribution in [1.29, 1.82) is 0 Å². The number of halogens is 3. The number of hydrogen-bond acceptors (Lipinski definition) is 2. The second-order valence-electron chi connectivity index (χ2n) is 6.61. The Morgan fingerprint density at radius 3 is 2.82 bits per heavy atom. The predicted molar refractivity (Wildman–Crippen MR) is 108 cm³/mol. The highest BCUT2D eigenvalue weighted by Gasteiger charge is 2.30. The van der Waals surface area contributed by atoms with Gasteiger partial charge >= 0.3 is 6.18 Å². The van der Waals surface area contributed by atoms with E-state index in [4.69, 9.17) is 0 Å². The molecule has 4 nitrogen and oxygen atoms in total. The summed E-state index contributed by atoms with van der Waals surface area (Å²) in [6.45, 7) is 2.20. The van der Waals surface area contributed by atoms with E-state index in [9.17, 15) is 17.4 Å². The molecule has 2 rings (SSSR count). The molecule has 0 amide bonds. The summed E-state index contributed by atoms with van der Waals surface area (Å²) in [7, 11) is 0.863. The average Bonchev–Trinajstić information content (AvgIpc) is 2.69. The van der Waals surface area contributed by atoms with Crippen molar-refractivity contribution in [2.45, 2.75) is 50.1 Å². The molecule has 3 unspecified atom stereocenters. The predicted octanol–water partition coefficient (Wildman–Crippen LogP) is 3.30. The second kappa shape index (κ2) is 10.5. The van der Waals surface area contributed by atoms with E-state index in [0.29, 0.717) is 17.3 Å². The van der Waals surface area contributed by atoms with Gasteiger partial charge in [0.2, 0.25) is 0 Å². The fraction of sp³-hybridized carbons (Fsp3) is 0.550. The quantitative estimate of drug-likeness (QED) is 0.452. The van der Waals surface area contributed by atoms with E-state index < -0.39 is 22.5 Å². The molecule has 1 fully saturated rings. The van der Waals surface area contributed by atoms with Crippen LogP contribution in [0.4, 0.5) is 13.2 Å². The first-order chi connectivity index (χ1) is 13.3. The van der Waals surface area contributed by atoms with Crippen LogP contribution >= 0.6 is 0 Å². The summed E-state index contributed by atoms with van der Waals surface area (Å²) in [5, 5.41) is 6.60. The first-order valence-corrected chi connectivity index (χ1v) is 10.7. The molecule has 0 heterocycles. The van der Waals surface area contributed by atoms with Crippen molar-refractivity contribution in [3.05, 3.63) is 35.4 Å². The van der Waals surface area contributed by atoms with Crippen molar-refractivity contribution in [3.8, 4) is 11.8 Å². The third kappa shape index (κ3) is 6.86. The summed E-state index contributed by atoms with van der Waals surface area (Å²) in [5.41, 5.74) is -0.391. The van der Waals surface area contributed by atoms with Gasteiger partial charge in [-0.3, -0.25) is 9.20 Å². The number of nitrogens with zero attached hydrogens (tertiary/aromatic N) is 1. The first-order valence-electron chi connectivity index (χ1n) is 9.34. The molecule has 0 aliphatic heterocycles. The minimum atomic E-state index is -4.37. The molecule has 0 bridgehead atoms. The van der Waals surface area contributed by atoms with Gasteiger partial charge in [-0.25, -0.2) is 0 Å². The van der Waals surface area contributed by atoms with E-state index in [1.165, 1.54) is 6.07 Å². The summed E-state index contributed by atoms with van der Waals surface area (Å²) in [5.74, 6) is 6.82. The molecule has 154 valence electrons. The maximum Gasteiger partial charge on any atom is 0.416 e. The van der Waals surface area contributed by atoms with Crippen LogP contribution in [0.2, 0.25) is 0 Å². The number of rotatable bonds is 4. The Kier molecular flexibility index (Phi) is 8.36. The van der Waals surface area contributed by atoms with E-state index >= 15 is 0 Å². The van der Waals surface area contributed by atoms with Crippen molar-refractivity contribution < 1.29 is 17.4 Å². The molecule has 1 aliphatic rings. The minimum absolute atomic E-state index is 0.205. The van der Waals surface area contributed by atoms with Gasteiger partial charge in [-0.15, -0.1) is 0 Å². The minimum Gasteiger partial charge on any atom is -0.354 e. The van der Waals surface area contributed by atoms with Gasteiger partial charge in [0.15, 0.2) is 5.96 Å². The van der Waals surface area contributed by atoms with Crippen molar-refractivity contribution in [3.63, 3.8) is 0 Å². The lowest BCUT2D eigenvalue weighted by molar-refractivity contribution is -0.137. The molecule has 1 aliphatic carbocycles. The Morgan fingerprint density at radius 2 is 2.14 bits per heavy atom. The van der Waals surface area contributed by atoms with Crippen LogP contribution in [0.3, 0.4) is 0 Å². The zero-order valence-corrected chi connectivity index (χ0v) is 16.9. The normalized spacial score (nSPS) is 21.4. The molecule has 1 aromatic carbocycles. The summed E-state index contributed by atoms with van der Waals surface area (Å²) in [6.07, 6.45) is -0.514. The van der Waals surface area contributed by atoms with Crippen LogP contribution in [-0.4, -0.2) is 40.8 Å². The topological polar surface area (TPSA) is 53.5 Å². The Labute approximate surface area is 166 Å². The van der Waals surface area contributed by atoms with Gasteiger partial charge in [-0.1, -0.05) is 31.3 Å². The fourth-order valence-electron chi connectivity index (χ4n) is 3.19. The summed E-state index contributed by atoms with van der Waals surface area (Å²) in [4.78, 5) is 4.17. The Morgan fingerprint density at radius 1 is 1.36 bits per heavy atom. The third-order valence-electron chi connectivity index (χ3n) is 4.61. The highest BCUT2D eigenvalue weighted by atomic mass is 32.2. The van der Waals surface area contributed by atoms with E-state index in [1.807, 2.05) is 6.92 Å². The molecule has 1 saturated carbocycles. The van der Waals surface area contributed by atoms with Gasteiger partial charge in [-0.2, -0.15) is 13.2 Å². The van der Waals surface area contributed by atoms with Gasteiger partial charge in [0.25, 0.3) is 0 Å². The van der Waals surface area contributed by atoms with Crippen LogP contribution in [0.25, 0.3) is 0 Å². The molecule has 0 radical (unpaired) electrons. The van der Waals surface area contributed by atoms with E-state index in [0.717, 1.165) is 37.8 Å². The first kappa shape index (κ1) is 22.3. The van der Waals surface area contributed by atoms with Crippen molar-refractivity contribution in [1.82, 2.24) is 10.6 Å². The summed E-state index contributed by atoms with van der Waals surface area (Å²) < 4.78 is 50.2. The number of hydrogen-bond donors (Lipinski definition) is 2. The van der Waals surface area contributed by atoms with Gasteiger partial charge in [0.1, 0.15) is 0 Å². The third-order valence-corrected chi connectivity index (χ3v) is 6.35. The van der Waals surface area contributed by atoms with Crippen LogP contribution in [0.15, 0.2) is 29.3 Å². The van der Waals surface area contributed by atoms with Gasteiger partial charge in [-0.05, 0) is 37.5 Å². The standard InChI is InChI=1S/C20H26F3N3OS/c1-3-28(27)18-11-5-10-17(14-18)26-19(24-2)25-12-6-8-15-7-4-9-16(13-15)20(21,22)23/h4,7,9,13,17-18H,3,5,10-12,14H2,1-2H3,(H2,24,25,26). The molecule has 3 atom stereocenters. The Balaban J connectivity index is 1.87. The molecule has 28 heavy (non-hydrogen) atoms. The van der Waals surface area contributed by atoms with E-state index in [-0.39, 0.29) is 17.8 Å². The van der Waals surface area contributed by atoms with Crippen molar-refractivity contribution in [2.24, 2.45) is 4.99 Å². The monoisotopic (exact) mass is 413 g/mol. The molecular weight excluding hydrogens is 387 g/mol. The van der Waals surface area contributed by atoms with Crippen LogP contribution in [-0.2, 0) is 17.0 Å². The van der Waals surface area contributed by atoms with Crippen molar-refractivity contribution >= 4 is 16.8 Å². The highest BCUT2D eigenvalue weighted by molar-refractivity contribution is 7.85. The lowest BCUT2D eigenvalue weighted by Gasteiger charge is -2.30. The number of benzene rings is 1. The molecular formula is C20H26F3N3OS. The summed E-state index contributed by atoms with van der Waals surface area (Å²) >= 11 is 0. The lowest BCUT2D eigenvalue weighted by Crippen LogP contribution is -2.46. The van der Waals surface area contributed by atoms with Crippen LogP contribution in [0, 0.1) is 11.8 Å². The molecule has 0 aromatic heterocycles. The smallest absolute Gasteiger partial charge is 0.354 e. The maximum absolute atomic E-state index is 12.7. The number of aliphatic imine (C=N–C) groups is 1. The number of guanidine groups is 1. The molecule has 0 spiro atoms. The zero-order chi connectivity index (χ0) is 20.6. The SMILES string of the molecule is CCS(=O)C1CCCC(NC(=NC)NCC#Cc2cccc(C(F)(F)F)c2)C1. The molecule has 2 N–H and O–H groups in total. The van der Waals surface area contributed by atoms with Gasteiger partial charge in [0, 0.05) is 40.5 Å². The average molecular weight is 414 g/mol. The Hall–Kier alpha value is -2.01. The second-order valence-corrected chi connectivity index (χ2v) is 8.61. The molecule has 8 heteroatoms. The van der Waals surface area contributed by atoms with E-state index in [2.05, 4.69) is 27.5 Å². The largest absolute Gasteiger partial charge is 0.416 e. The van der Waals surface area contributed by atoms with Crippen LogP contribution in [0.5, 0.6) is 0 Å². The zero-order valence-electron chi connectivity index (χ0n) is 16.1. The molecule has 1 aromatic rings. The van der Waals surface area contributed by atoms with E-state index in [1.54, 1.807) is 13.1 Å². The lowest BCUT2D eigenvalue weighted by atomic mass is 9.95. The van der Waals surface area contributed by atoms with Gasteiger partial charge < -0.3 is 10.6 Å². The Bertz CT molecular complexity index is 768. The highest BCUT2D eigenvalue weighted by Crippen LogP contribution is 2.29. The van der Waals surface area contributed by atoms with Crippen LogP contribution in [0.1, 0.15) is 43.7 Å². The number of nitrogens with one attached hydrogen (secondary N) is 2. The van der Waals surface area contributed by atoms with Crippen molar-refractivity contribution in [2.75, 3.05) is 19.3 Å². The summed E-state index contributed by atoms with van der Waals surface area (Å²) in [6, 6.07) is 5.16. The van der Waals surface area contributed by atoms with Crippen LogP contribution < -0.4 is 10.6 Å². The molecule has 0 saturated heterocycles. The number of alkyl halides is 3. The fourth-order valence-corrected chi connectivity index (χ4v) is 4.53.